The molecule has 2 aliphatic heterocycles. The number of fused-ring (bicyclic) bond motifs is 1. The summed E-state index contributed by atoms with van der Waals surface area (Å²) in [5, 5.41) is 3.62. The molecule has 2 heterocycles. The van der Waals surface area contributed by atoms with Gasteiger partial charge in [-0.15, -0.1) is 11.8 Å². The van der Waals surface area contributed by atoms with Crippen LogP contribution in [0.3, 0.4) is 0 Å². The van der Waals surface area contributed by atoms with Crippen molar-refractivity contribution < 1.29 is 14.2 Å². The lowest BCUT2D eigenvalue weighted by Gasteiger charge is -2.25. The fourth-order valence-corrected chi connectivity index (χ4v) is 3.17. The molecular weight excluding hydrogens is 274 g/mol. The van der Waals surface area contributed by atoms with Crippen LogP contribution in [0.2, 0.25) is 0 Å². The van der Waals surface area contributed by atoms with Crippen molar-refractivity contribution in [1.29, 1.82) is 0 Å². The number of benzene rings is 1. The van der Waals surface area contributed by atoms with Crippen molar-refractivity contribution in [1.82, 2.24) is 5.32 Å². The van der Waals surface area contributed by atoms with E-state index in [1.807, 2.05) is 0 Å². The maximum atomic E-state index is 5.67. The topological polar surface area (TPSA) is 39.7 Å². The van der Waals surface area contributed by atoms with E-state index < -0.39 is 0 Å². The van der Waals surface area contributed by atoms with Gasteiger partial charge in [-0.25, -0.2) is 0 Å². The van der Waals surface area contributed by atoms with Crippen molar-refractivity contribution in [2.75, 3.05) is 32.7 Å². The van der Waals surface area contributed by atoms with Crippen LogP contribution in [-0.4, -0.2) is 38.2 Å². The molecule has 4 nitrogen and oxygen atoms in total. The minimum absolute atomic E-state index is 0.0862. The Kier molecular flexibility index (Phi) is 4.10. The zero-order valence-electron chi connectivity index (χ0n) is 12.0. The molecule has 0 bridgehead atoms. The van der Waals surface area contributed by atoms with E-state index >= 15 is 0 Å². The first-order valence-electron chi connectivity index (χ1n) is 6.99. The van der Waals surface area contributed by atoms with Gasteiger partial charge >= 0.3 is 0 Å². The highest BCUT2D eigenvalue weighted by Crippen LogP contribution is 2.36. The van der Waals surface area contributed by atoms with E-state index in [1.54, 1.807) is 11.8 Å². The van der Waals surface area contributed by atoms with Gasteiger partial charge in [-0.05, 0) is 37.3 Å². The summed E-state index contributed by atoms with van der Waals surface area (Å²) in [5.41, 5.74) is 1.35. The largest absolute Gasteiger partial charge is 0.486 e. The smallest absolute Gasteiger partial charge is 0.162 e. The summed E-state index contributed by atoms with van der Waals surface area (Å²) >= 11 is 1.74. The van der Waals surface area contributed by atoms with Crippen LogP contribution >= 0.6 is 11.8 Å². The zero-order chi connectivity index (χ0) is 14.0. The molecule has 0 aliphatic carbocycles. The van der Waals surface area contributed by atoms with Gasteiger partial charge in [0.05, 0.1) is 6.61 Å². The van der Waals surface area contributed by atoms with Crippen LogP contribution in [0.25, 0.3) is 0 Å². The molecule has 1 unspecified atom stereocenters. The lowest BCUT2D eigenvalue weighted by atomic mass is 10.0. The summed E-state index contributed by atoms with van der Waals surface area (Å²) in [6.07, 6.45) is 3.15. The van der Waals surface area contributed by atoms with Crippen LogP contribution in [0.5, 0.6) is 11.5 Å². The molecule has 3 rings (SSSR count). The average molecular weight is 295 g/mol. The van der Waals surface area contributed by atoms with E-state index in [0.717, 1.165) is 37.7 Å². The van der Waals surface area contributed by atoms with Gasteiger partial charge in [0.1, 0.15) is 13.2 Å². The Hall–Kier alpha value is -0.910. The first-order valence-corrected chi connectivity index (χ1v) is 8.22. The van der Waals surface area contributed by atoms with Gasteiger partial charge < -0.3 is 19.5 Å². The Morgan fingerprint density at radius 2 is 1.95 bits per heavy atom. The van der Waals surface area contributed by atoms with E-state index in [-0.39, 0.29) is 5.54 Å². The predicted octanol–water partition coefficient (Wildman–Crippen LogP) is 2.45. The third kappa shape index (κ3) is 2.90. The molecule has 0 saturated carbocycles. The molecule has 1 aromatic rings. The van der Waals surface area contributed by atoms with Crippen molar-refractivity contribution in [3.8, 4) is 11.5 Å². The Bertz CT molecular complexity index is 486. The van der Waals surface area contributed by atoms with Gasteiger partial charge in [0, 0.05) is 23.6 Å². The second kappa shape index (κ2) is 5.84. The number of nitrogens with one attached hydrogen (secondary N) is 1. The van der Waals surface area contributed by atoms with E-state index in [2.05, 4.69) is 30.6 Å². The number of ether oxygens (including phenoxy) is 3. The number of hydrogen-bond donors (Lipinski definition) is 1. The highest BCUT2D eigenvalue weighted by atomic mass is 32.2. The second-order valence-corrected chi connectivity index (χ2v) is 6.37. The minimum atomic E-state index is 0.0862. The molecule has 1 atom stereocenters. The van der Waals surface area contributed by atoms with Gasteiger partial charge in [0.25, 0.3) is 0 Å². The first-order chi connectivity index (χ1) is 9.70. The van der Waals surface area contributed by atoms with E-state index in [9.17, 15) is 0 Å². The van der Waals surface area contributed by atoms with Crippen molar-refractivity contribution >= 4 is 11.8 Å². The molecule has 110 valence electrons. The summed E-state index contributed by atoms with van der Waals surface area (Å²) < 4.78 is 16.8. The van der Waals surface area contributed by atoms with Gasteiger partial charge in [-0.2, -0.15) is 0 Å². The summed E-state index contributed by atoms with van der Waals surface area (Å²) in [6, 6.07) is 4.19. The molecule has 5 heteroatoms. The number of rotatable bonds is 4. The molecule has 1 aromatic carbocycles. The Morgan fingerprint density at radius 1 is 1.20 bits per heavy atom. The summed E-state index contributed by atoms with van der Waals surface area (Å²) in [7, 11) is 0. The molecule has 1 fully saturated rings. The fraction of sp³-hybridized carbons (Fsp3) is 0.600. The van der Waals surface area contributed by atoms with Crippen molar-refractivity contribution in [3.63, 3.8) is 0 Å². The van der Waals surface area contributed by atoms with Crippen molar-refractivity contribution in [2.45, 2.75) is 30.3 Å². The van der Waals surface area contributed by atoms with Gasteiger partial charge in [0.2, 0.25) is 0 Å². The molecule has 2 aliphatic rings. The van der Waals surface area contributed by atoms with Crippen LogP contribution in [0.1, 0.15) is 18.9 Å². The van der Waals surface area contributed by atoms with E-state index in [1.165, 1.54) is 10.5 Å². The van der Waals surface area contributed by atoms with Gasteiger partial charge in [-0.1, -0.05) is 0 Å². The normalized spacial score (nSPS) is 24.9. The third-order valence-corrected chi connectivity index (χ3v) is 4.69. The van der Waals surface area contributed by atoms with Gasteiger partial charge in [0.15, 0.2) is 11.5 Å². The van der Waals surface area contributed by atoms with Crippen LogP contribution in [0, 0.1) is 0 Å². The second-order valence-electron chi connectivity index (χ2n) is 5.52. The van der Waals surface area contributed by atoms with Crippen molar-refractivity contribution in [2.24, 2.45) is 0 Å². The molecule has 1 N–H and O–H groups in total. The van der Waals surface area contributed by atoms with Crippen LogP contribution in [0.15, 0.2) is 17.0 Å². The molecule has 0 spiro atoms. The maximum Gasteiger partial charge on any atom is 0.162 e. The Labute approximate surface area is 124 Å². The molecule has 1 saturated heterocycles. The van der Waals surface area contributed by atoms with E-state index in [4.69, 9.17) is 14.2 Å². The first kappa shape index (κ1) is 14.0. The lowest BCUT2D eigenvalue weighted by molar-refractivity contribution is 0.169. The summed E-state index contributed by atoms with van der Waals surface area (Å²) in [4.78, 5) is 1.24. The lowest BCUT2D eigenvalue weighted by Crippen LogP contribution is -2.42. The van der Waals surface area contributed by atoms with Crippen LogP contribution < -0.4 is 14.8 Å². The van der Waals surface area contributed by atoms with Crippen molar-refractivity contribution in [3.05, 3.63) is 17.7 Å². The average Bonchev–Trinajstić information content (AvgIpc) is 2.91. The minimum Gasteiger partial charge on any atom is -0.486 e. The summed E-state index contributed by atoms with van der Waals surface area (Å²) in [5.74, 6) is 1.72. The number of hydrogen-bond acceptors (Lipinski definition) is 5. The van der Waals surface area contributed by atoms with Crippen LogP contribution in [-0.2, 0) is 11.3 Å². The molecule has 0 radical (unpaired) electrons. The van der Waals surface area contributed by atoms with Gasteiger partial charge in [-0.3, -0.25) is 0 Å². The predicted molar refractivity (Wildman–Crippen MR) is 79.9 cm³/mol. The number of thioether (sulfide) groups is 1. The SMILES string of the molecule is CSc1cc2c(cc1CNC1(C)CCOC1)OCCO2. The summed E-state index contributed by atoms with van der Waals surface area (Å²) in [6.45, 7) is 5.94. The third-order valence-electron chi connectivity index (χ3n) is 3.87. The van der Waals surface area contributed by atoms with Crippen LogP contribution in [0.4, 0.5) is 0 Å². The fourth-order valence-electron chi connectivity index (χ4n) is 2.56. The molecule has 0 amide bonds. The molecular formula is C15H21NO3S. The highest BCUT2D eigenvalue weighted by Gasteiger charge is 2.29. The monoisotopic (exact) mass is 295 g/mol. The Balaban J connectivity index is 1.77. The molecule has 20 heavy (non-hydrogen) atoms. The Morgan fingerprint density at radius 3 is 2.60 bits per heavy atom. The maximum absolute atomic E-state index is 5.67. The quantitative estimate of drug-likeness (QED) is 0.864. The highest BCUT2D eigenvalue weighted by molar-refractivity contribution is 7.98. The molecule has 0 aromatic heterocycles. The van der Waals surface area contributed by atoms with E-state index in [0.29, 0.717) is 13.2 Å². The standard InChI is InChI=1S/C15H21NO3S/c1-15(3-4-17-10-15)16-9-11-7-12-13(8-14(11)20-2)19-6-5-18-12/h7-8,16H,3-6,9-10H2,1-2H3. The zero-order valence-corrected chi connectivity index (χ0v) is 12.8.